The zero-order valence-corrected chi connectivity index (χ0v) is 12.7. The molecule has 1 aliphatic carbocycles. The van der Waals surface area contributed by atoms with E-state index in [4.69, 9.17) is 0 Å². The van der Waals surface area contributed by atoms with Gasteiger partial charge in [-0.05, 0) is 19.4 Å². The van der Waals surface area contributed by atoms with Gasteiger partial charge in [-0.2, -0.15) is 5.26 Å². The third-order valence-electron chi connectivity index (χ3n) is 4.93. The monoisotopic (exact) mass is 278 g/mol. The Kier molecular flexibility index (Phi) is 5.00. The summed E-state index contributed by atoms with van der Waals surface area (Å²) in [6, 6.07) is 2.89. The van der Waals surface area contributed by atoms with Crippen molar-refractivity contribution in [1.29, 1.82) is 5.26 Å². The number of carbonyl (C=O) groups excluding carboxylic acids is 1. The van der Waals surface area contributed by atoms with E-state index in [9.17, 15) is 10.1 Å². The molecule has 0 radical (unpaired) electrons. The first-order chi connectivity index (χ1) is 9.63. The van der Waals surface area contributed by atoms with Crippen LogP contribution in [-0.4, -0.2) is 60.5 Å². The van der Waals surface area contributed by atoms with E-state index in [1.54, 1.807) is 4.90 Å². The molecule has 1 amide bonds. The summed E-state index contributed by atoms with van der Waals surface area (Å²) in [5.41, 5.74) is -0.563. The number of rotatable bonds is 5. The summed E-state index contributed by atoms with van der Waals surface area (Å²) in [6.45, 7) is 5.34. The largest absolute Gasteiger partial charge is 0.326 e. The molecule has 1 saturated heterocycles. The van der Waals surface area contributed by atoms with Gasteiger partial charge in [0.05, 0.1) is 12.6 Å². The lowest BCUT2D eigenvalue weighted by molar-refractivity contribution is -0.136. The van der Waals surface area contributed by atoms with Crippen LogP contribution < -0.4 is 5.32 Å². The fourth-order valence-corrected chi connectivity index (χ4v) is 3.21. The van der Waals surface area contributed by atoms with Gasteiger partial charge in [0, 0.05) is 26.2 Å². The molecule has 0 spiro atoms. The Balaban J connectivity index is 1.97. The maximum absolute atomic E-state index is 12.5. The average molecular weight is 278 g/mol. The molecule has 0 aromatic heterocycles. The number of nitrogens with zero attached hydrogens (tertiary/aromatic N) is 3. The van der Waals surface area contributed by atoms with Crippen LogP contribution in [0.15, 0.2) is 0 Å². The van der Waals surface area contributed by atoms with E-state index in [0.29, 0.717) is 12.6 Å². The Morgan fingerprint density at radius 1 is 1.35 bits per heavy atom. The average Bonchev–Trinajstić information content (AvgIpc) is 2.44. The van der Waals surface area contributed by atoms with Crippen LogP contribution in [0.3, 0.4) is 0 Å². The number of hydrogen-bond acceptors (Lipinski definition) is 4. The van der Waals surface area contributed by atoms with Gasteiger partial charge < -0.3 is 10.2 Å². The molecule has 2 aliphatic rings. The molecular formula is C15H26N4O. The van der Waals surface area contributed by atoms with E-state index >= 15 is 0 Å². The molecule has 1 heterocycles. The lowest BCUT2D eigenvalue weighted by Crippen LogP contribution is -2.60. The van der Waals surface area contributed by atoms with E-state index in [2.05, 4.69) is 23.2 Å². The maximum atomic E-state index is 12.5. The first-order valence-electron chi connectivity index (χ1n) is 7.75. The fourth-order valence-electron chi connectivity index (χ4n) is 3.21. The standard InChI is InChI=1S/C15H26N4O/c1-3-19(13-9-17-10-13)11-14(20)18(2)15(12-16)7-5-4-6-8-15/h13,17H,3-11H2,1-2H3. The number of hydrogen-bond donors (Lipinski definition) is 1. The lowest BCUT2D eigenvalue weighted by Gasteiger charge is -2.42. The highest BCUT2D eigenvalue weighted by Gasteiger charge is 2.39. The molecule has 20 heavy (non-hydrogen) atoms. The van der Waals surface area contributed by atoms with E-state index in [1.165, 1.54) is 6.42 Å². The molecule has 2 fully saturated rings. The zero-order chi connectivity index (χ0) is 14.6. The summed E-state index contributed by atoms with van der Waals surface area (Å²) in [5, 5.41) is 12.8. The fraction of sp³-hybridized carbons (Fsp3) is 0.867. The predicted molar refractivity (Wildman–Crippen MR) is 78.1 cm³/mol. The van der Waals surface area contributed by atoms with Crippen molar-refractivity contribution in [3.05, 3.63) is 0 Å². The minimum atomic E-state index is -0.563. The van der Waals surface area contributed by atoms with E-state index < -0.39 is 5.54 Å². The Morgan fingerprint density at radius 2 is 2.00 bits per heavy atom. The quantitative estimate of drug-likeness (QED) is 0.814. The van der Waals surface area contributed by atoms with Crippen LogP contribution in [0, 0.1) is 11.3 Å². The lowest BCUT2D eigenvalue weighted by atomic mass is 9.81. The Bertz CT molecular complexity index is 380. The molecule has 0 unspecified atom stereocenters. The third kappa shape index (κ3) is 2.97. The minimum absolute atomic E-state index is 0.0854. The van der Waals surface area contributed by atoms with Crippen LogP contribution in [-0.2, 0) is 4.79 Å². The highest BCUT2D eigenvalue weighted by molar-refractivity contribution is 5.79. The highest BCUT2D eigenvalue weighted by Crippen LogP contribution is 2.32. The summed E-state index contributed by atoms with van der Waals surface area (Å²) in [6.07, 6.45) is 4.93. The summed E-state index contributed by atoms with van der Waals surface area (Å²) in [7, 11) is 1.81. The van der Waals surface area contributed by atoms with Crippen LogP contribution >= 0.6 is 0 Å². The van der Waals surface area contributed by atoms with Gasteiger partial charge in [-0.25, -0.2) is 0 Å². The molecular weight excluding hydrogens is 252 g/mol. The van der Waals surface area contributed by atoms with Crippen LogP contribution in [0.2, 0.25) is 0 Å². The van der Waals surface area contributed by atoms with E-state index in [0.717, 1.165) is 45.3 Å². The molecule has 1 aliphatic heterocycles. The molecule has 0 aromatic rings. The molecule has 5 nitrogen and oxygen atoms in total. The second-order valence-electron chi connectivity index (χ2n) is 6.03. The molecule has 0 bridgehead atoms. The molecule has 112 valence electrons. The van der Waals surface area contributed by atoms with Crippen LogP contribution in [0.25, 0.3) is 0 Å². The molecule has 0 aromatic carbocycles. The van der Waals surface area contributed by atoms with Crippen molar-refractivity contribution in [1.82, 2.24) is 15.1 Å². The topological polar surface area (TPSA) is 59.4 Å². The van der Waals surface area contributed by atoms with Crippen LogP contribution in [0.1, 0.15) is 39.0 Å². The summed E-state index contributed by atoms with van der Waals surface area (Å²) in [4.78, 5) is 16.5. The summed E-state index contributed by atoms with van der Waals surface area (Å²) in [5.74, 6) is 0.0854. The van der Waals surface area contributed by atoms with Gasteiger partial charge in [0.2, 0.25) is 5.91 Å². The molecule has 2 rings (SSSR count). The van der Waals surface area contributed by atoms with Crippen LogP contribution in [0.5, 0.6) is 0 Å². The normalized spacial score (nSPS) is 22.1. The van der Waals surface area contributed by atoms with Crippen molar-refractivity contribution >= 4 is 5.91 Å². The first kappa shape index (κ1) is 15.3. The van der Waals surface area contributed by atoms with Crippen molar-refractivity contribution in [2.45, 2.75) is 50.6 Å². The van der Waals surface area contributed by atoms with Crippen molar-refractivity contribution in [2.24, 2.45) is 0 Å². The smallest absolute Gasteiger partial charge is 0.237 e. The van der Waals surface area contributed by atoms with Crippen molar-refractivity contribution < 1.29 is 4.79 Å². The Hall–Kier alpha value is -1.12. The number of carbonyl (C=O) groups is 1. The second-order valence-corrected chi connectivity index (χ2v) is 6.03. The van der Waals surface area contributed by atoms with Crippen molar-refractivity contribution in [3.63, 3.8) is 0 Å². The third-order valence-corrected chi connectivity index (χ3v) is 4.93. The van der Waals surface area contributed by atoms with Crippen molar-refractivity contribution in [3.8, 4) is 6.07 Å². The molecule has 0 atom stereocenters. The number of nitriles is 1. The van der Waals surface area contributed by atoms with Crippen molar-refractivity contribution in [2.75, 3.05) is 33.2 Å². The maximum Gasteiger partial charge on any atom is 0.237 e. The van der Waals surface area contributed by atoms with Gasteiger partial charge in [0.25, 0.3) is 0 Å². The summed E-state index contributed by atoms with van der Waals surface area (Å²) < 4.78 is 0. The van der Waals surface area contributed by atoms with Crippen LogP contribution in [0.4, 0.5) is 0 Å². The van der Waals surface area contributed by atoms with E-state index in [1.807, 2.05) is 7.05 Å². The Labute approximate surface area is 121 Å². The van der Waals surface area contributed by atoms with Gasteiger partial charge >= 0.3 is 0 Å². The van der Waals surface area contributed by atoms with Gasteiger partial charge in [-0.15, -0.1) is 0 Å². The molecule has 1 N–H and O–H groups in total. The first-order valence-corrected chi connectivity index (χ1v) is 7.75. The SMILES string of the molecule is CCN(CC(=O)N(C)C1(C#N)CCCCC1)C1CNC1. The molecule has 5 heteroatoms. The minimum Gasteiger partial charge on any atom is -0.326 e. The van der Waals surface area contributed by atoms with Gasteiger partial charge in [-0.3, -0.25) is 9.69 Å². The van der Waals surface area contributed by atoms with Gasteiger partial charge in [0.1, 0.15) is 5.54 Å². The zero-order valence-electron chi connectivity index (χ0n) is 12.7. The van der Waals surface area contributed by atoms with Gasteiger partial charge in [0.15, 0.2) is 0 Å². The van der Waals surface area contributed by atoms with Gasteiger partial charge in [-0.1, -0.05) is 26.2 Å². The van der Waals surface area contributed by atoms with E-state index in [-0.39, 0.29) is 5.91 Å². The molecule has 1 saturated carbocycles. The second kappa shape index (κ2) is 6.55. The number of amides is 1. The predicted octanol–water partition coefficient (Wildman–Crippen LogP) is 0.965. The number of likely N-dealkylation sites (N-methyl/N-ethyl adjacent to an activating group) is 2. The Morgan fingerprint density at radius 3 is 2.45 bits per heavy atom. The summed E-state index contributed by atoms with van der Waals surface area (Å²) >= 11 is 0. The highest BCUT2D eigenvalue weighted by atomic mass is 16.2. The number of nitrogens with one attached hydrogen (secondary N) is 1.